The van der Waals surface area contributed by atoms with Gasteiger partial charge in [0.2, 0.25) is 0 Å². The summed E-state index contributed by atoms with van der Waals surface area (Å²) in [4.78, 5) is 39.5. The van der Waals surface area contributed by atoms with Crippen molar-refractivity contribution in [3.05, 3.63) is 17.8 Å². The molecule has 3 heterocycles. The number of esters is 1. The minimum absolute atomic E-state index is 0.00292. The van der Waals surface area contributed by atoms with Gasteiger partial charge in [0.05, 0.1) is 30.9 Å². The number of carboxylic acid groups (broad SMARTS) is 2. The predicted molar refractivity (Wildman–Crippen MR) is 130 cm³/mol. The van der Waals surface area contributed by atoms with Crippen LogP contribution in [0.3, 0.4) is 0 Å². The quantitative estimate of drug-likeness (QED) is 0.429. The van der Waals surface area contributed by atoms with Crippen LogP contribution in [0.15, 0.2) is 10.7 Å². The van der Waals surface area contributed by atoms with Gasteiger partial charge in [-0.05, 0) is 45.1 Å². The molecule has 3 fully saturated rings. The van der Waals surface area contributed by atoms with Crippen molar-refractivity contribution in [2.75, 3.05) is 46.0 Å². The SMILES string of the molecule is CCOC(=O)[C@@]12CC[C@@H](N3CCOCC3)C[C@H]1CCN(Cc1coc(C(C)C)n1)C2.O=CO.O=CO. The normalized spacial score (nSPS) is 26.4. The molecule has 1 aliphatic carbocycles. The van der Waals surface area contributed by atoms with Crippen molar-refractivity contribution >= 4 is 18.9 Å². The molecule has 0 amide bonds. The van der Waals surface area contributed by atoms with E-state index in [0.29, 0.717) is 18.6 Å². The van der Waals surface area contributed by atoms with Crippen LogP contribution in [0.25, 0.3) is 0 Å². The minimum atomic E-state index is -0.387. The molecule has 2 N–H and O–H groups in total. The molecule has 0 radical (unpaired) electrons. The number of rotatable bonds is 6. The third-order valence-electron chi connectivity index (χ3n) is 7.25. The maximum absolute atomic E-state index is 13.2. The largest absolute Gasteiger partial charge is 0.483 e. The number of hydrogen-bond donors (Lipinski definition) is 2. The fraction of sp³-hybridized carbons (Fsp3) is 0.760. The number of morpholine rings is 1. The summed E-state index contributed by atoms with van der Waals surface area (Å²) in [5.74, 6) is 1.46. The smallest absolute Gasteiger partial charge is 0.313 e. The highest BCUT2D eigenvalue weighted by Crippen LogP contribution is 2.48. The summed E-state index contributed by atoms with van der Waals surface area (Å²) in [6.45, 7) is 12.2. The molecule has 0 spiro atoms. The fourth-order valence-electron chi connectivity index (χ4n) is 5.63. The van der Waals surface area contributed by atoms with Gasteiger partial charge < -0.3 is 24.1 Å². The van der Waals surface area contributed by atoms with E-state index in [2.05, 4.69) is 28.6 Å². The molecular weight excluding hydrogens is 470 g/mol. The molecule has 0 unspecified atom stereocenters. The topological polar surface area (TPSA) is 143 Å². The highest BCUT2D eigenvalue weighted by atomic mass is 16.5. The number of piperidine rings is 1. The summed E-state index contributed by atoms with van der Waals surface area (Å²) in [6.07, 6.45) is 5.87. The van der Waals surface area contributed by atoms with Gasteiger partial charge in [-0.1, -0.05) is 13.8 Å². The summed E-state index contributed by atoms with van der Waals surface area (Å²) in [5.41, 5.74) is 0.569. The average Bonchev–Trinajstić information content (AvgIpc) is 3.34. The standard InChI is InChI=1S/C23H37N3O4.2CH2O2/c1-4-29-22(27)23-7-5-20(26-9-11-28-12-10-26)13-18(23)6-8-25(16-23)14-19-15-30-21(24-19)17(2)3;2*2-1-3/h15,17-18,20H,4-14,16H2,1-3H3;2*1H,(H,2,3)/t18-,20-,23-;;/m1../s1. The molecule has 2 aliphatic heterocycles. The molecule has 3 atom stereocenters. The molecule has 2 saturated heterocycles. The average molecular weight is 512 g/mol. The molecule has 0 bridgehead atoms. The van der Waals surface area contributed by atoms with Crippen molar-refractivity contribution in [1.82, 2.24) is 14.8 Å². The number of fused-ring (bicyclic) bond motifs is 1. The summed E-state index contributed by atoms with van der Waals surface area (Å²) >= 11 is 0. The first-order valence-electron chi connectivity index (χ1n) is 12.7. The Hall–Kier alpha value is -2.50. The summed E-state index contributed by atoms with van der Waals surface area (Å²) < 4.78 is 16.8. The van der Waals surface area contributed by atoms with E-state index in [1.54, 1.807) is 6.26 Å². The Balaban J connectivity index is 0.000000693. The Labute approximate surface area is 212 Å². The molecule has 4 rings (SSSR count). The number of aromatic nitrogens is 1. The van der Waals surface area contributed by atoms with Crippen molar-refractivity contribution in [2.24, 2.45) is 11.3 Å². The fourth-order valence-corrected chi connectivity index (χ4v) is 5.63. The third-order valence-corrected chi connectivity index (χ3v) is 7.25. The van der Waals surface area contributed by atoms with Crippen LogP contribution in [0.1, 0.15) is 64.0 Å². The number of nitrogens with zero attached hydrogens (tertiary/aromatic N) is 3. The number of carbonyl (C=O) groups is 3. The first-order valence-corrected chi connectivity index (χ1v) is 12.7. The van der Waals surface area contributed by atoms with Gasteiger partial charge in [0.15, 0.2) is 5.89 Å². The molecular formula is C25H41N3O8. The van der Waals surface area contributed by atoms with Crippen molar-refractivity contribution in [3.63, 3.8) is 0 Å². The monoisotopic (exact) mass is 511 g/mol. The first-order chi connectivity index (χ1) is 17.3. The van der Waals surface area contributed by atoms with Crippen LogP contribution in [0.5, 0.6) is 0 Å². The summed E-state index contributed by atoms with van der Waals surface area (Å²) in [5, 5.41) is 13.8. The van der Waals surface area contributed by atoms with Crippen LogP contribution in [-0.2, 0) is 30.4 Å². The second-order valence-electron chi connectivity index (χ2n) is 9.69. The maximum atomic E-state index is 13.2. The third kappa shape index (κ3) is 7.75. The van der Waals surface area contributed by atoms with Crippen molar-refractivity contribution < 1.29 is 38.5 Å². The minimum Gasteiger partial charge on any atom is -0.483 e. The second kappa shape index (κ2) is 14.9. The van der Waals surface area contributed by atoms with Crippen LogP contribution in [-0.4, -0.2) is 96.0 Å². The van der Waals surface area contributed by atoms with Crippen LogP contribution >= 0.6 is 0 Å². The zero-order valence-corrected chi connectivity index (χ0v) is 21.6. The van der Waals surface area contributed by atoms with Gasteiger partial charge in [-0.2, -0.15) is 0 Å². The lowest BCUT2D eigenvalue weighted by molar-refractivity contribution is -0.170. The van der Waals surface area contributed by atoms with E-state index >= 15 is 0 Å². The maximum Gasteiger partial charge on any atom is 0.313 e. The lowest BCUT2D eigenvalue weighted by Gasteiger charge is -2.52. The molecule has 204 valence electrons. The van der Waals surface area contributed by atoms with Gasteiger partial charge in [0, 0.05) is 38.1 Å². The van der Waals surface area contributed by atoms with E-state index in [-0.39, 0.29) is 30.2 Å². The van der Waals surface area contributed by atoms with Crippen LogP contribution in [0, 0.1) is 11.3 Å². The van der Waals surface area contributed by atoms with E-state index in [4.69, 9.17) is 33.7 Å². The highest BCUT2D eigenvalue weighted by Gasteiger charge is 2.53. The van der Waals surface area contributed by atoms with Crippen LogP contribution in [0.2, 0.25) is 0 Å². The molecule has 1 aromatic rings. The van der Waals surface area contributed by atoms with Crippen molar-refractivity contribution in [2.45, 2.75) is 65.0 Å². The first kappa shape index (κ1) is 29.7. The summed E-state index contributed by atoms with van der Waals surface area (Å²) in [7, 11) is 0. The van der Waals surface area contributed by atoms with E-state index in [1.807, 2.05) is 6.92 Å². The Bertz CT molecular complexity index is 805. The Kier molecular flexibility index (Phi) is 12.3. The molecule has 36 heavy (non-hydrogen) atoms. The number of hydrogen-bond acceptors (Lipinski definition) is 9. The number of carbonyl (C=O) groups excluding carboxylic acids is 1. The predicted octanol–water partition coefficient (Wildman–Crippen LogP) is 2.46. The molecule has 3 aliphatic rings. The van der Waals surface area contributed by atoms with Gasteiger partial charge in [-0.15, -0.1) is 0 Å². The van der Waals surface area contributed by atoms with E-state index in [9.17, 15) is 4.79 Å². The molecule has 11 nitrogen and oxygen atoms in total. The lowest BCUT2D eigenvalue weighted by Crippen LogP contribution is -2.58. The van der Waals surface area contributed by atoms with E-state index in [1.165, 1.54) is 0 Å². The Morgan fingerprint density at radius 1 is 1.22 bits per heavy atom. The Morgan fingerprint density at radius 3 is 2.47 bits per heavy atom. The number of ether oxygens (including phenoxy) is 2. The molecule has 0 aromatic carbocycles. The Morgan fingerprint density at radius 2 is 1.89 bits per heavy atom. The van der Waals surface area contributed by atoms with E-state index in [0.717, 1.165) is 83.2 Å². The lowest BCUT2D eigenvalue weighted by atomic mass is 9.61. The molecule has 1 aromatic heterocycles. The zero-order valence-electron chi connectivity index (χ0n) is 21.6. The van der Waals surface area contributed by atoms with Crippen LogP contribution < -0.4 is 0 Å². The number of oxazole rings is 1. The zero-order chi connectivity index (χ0) is 26.6. The van der Waals surface area contributed by atoms with E-state index < -0.39 is 0 Å². The van der Waals surface area contributed by atoms with Gasteiger partial charge in [-0.3, -0.25) is 24.2 Å². The number of likely N-dealkylation sites (tertiary alicyclic amines) is 1. The van der Waals surface area contributed by atoms with Crippen LogP contribution in [0.4, 0.5) is 0 Å². The van der Waals surface area contributed by atoms with Crippen molar-refractivity contribution in [3.8, 4) is 0 Å². The second-order valence-corrected chi connectivity index (χ2v) is 9.69. The molecule has 1 saturated carbocycles. The van der Waals surface area contributed by atoms with Gasteiger partial charge in [0.25, 0.3) is 12.9 Å². The van der Waals surface area contributed by atoms with Gasteiger partial charge >= 0.3 is 5.97 Å². The summed E-state index contributed by atoms with van der Waals surface area (Å²) in [6, 6.07) is 0.567. The molecule has 11 heteroatoms. The highest BCUT2D eigenvalue weighted by molar-refractivity contribution is 5.78. The van der Waals surface area contributed by atoms with Gasteiger partial charge in [0.1, 0.15) is 6.26 Å². The van der Waals surface area contributed by atoms with Gasteiger partial charge in [-0.25, -0.2) is 4.98 Å². The van der Waals surface area contributed by atoms with Crippen molar-refractivity contribution in [1.29, 1.82) is 0 Å².